The zero-order chi connectivity index (χ0) is 6.57. The minimum atomic E-state index is -0.403. The van der Waals surface area contributed by atoms with E-state index < -0.39 is 5.38 Å². The Kier molecular flexibility index (Phi) is 3.79. The predicted octanol–water partition coefficient (Wildman–Crippen LogP) is 1.62. The Balaban J connectivity index is 3.72. The number of halogens is 2. The molecule has 0 fully saturated rings. The van der Waals surface area contributed by atoms with E-state index in [1.807, 2.05) is 0 Å². The van der Waals surface area contributed by atoms with Crippen LogP contribution in [0.4, 0.5) is 0 Å². The van der Waals surface area contributed by atoms with Crippen molar-refractivity contribution in [3.63, 3.8) is 0 Å². The first kappa shape index (κ1) is 7.89. The second kappa shape index (κ2) is 3.84. The zero-order valence-corrected chi connectivity index (χ0v) is 6.41. The van der Waals surface area contributed by atoms with Crippen LogP contribution >= 0.6 is 27.5 Å². The van der Waals surface area contributed by atoms with E-state index in [9.17, 15) is 0 Å². The summed E-state index contributed by atoms with van der Waals surface area (Å²) >= 11 is 8.58. The lowest BCUT2D eigenvalue weighted by atomic mass is 10.3. The fourth-order valence-corrected chi connectivity index (χ4v) is 0.394. The normalized spacial score (nSPS) is 15.5. The first-order chi connectivity index (χ1) is 3.72. The van der Waals surface area contributed by atoms with Gasteiger partial charge in [0.05, 0.1) is 0 Å². The van der Waals surface area contributed by atoms with Crippen molar-refractivity contribution in [3.05, 3.63) is 0 Å². The van der Waals surface area contributed by atoms with Gasteiger partial charge in [0, 0.05) is 0 Å². The molecule has 0 aliphatic heterocycles. The summed E-state index contributed by atoms with van der Waals surface area (Å²) in [6, 6.07) is 0. The number of hydrogen-bond acceptors (Lipinski definition) is 0. The van der Waals surface area contributed by atoms with Gasteiger partial charge >= 0.3 is 0 Å². The zero-order valence-electron chi connectivity index (χ0n) is 4.07. The highest BCUT2D eigenvalue weighted by Gasteiger charge is 2.07. The topological polar surface area (TPSA) is 0 Å². The van der Waals surface area contributed by atoms with Crippen LogP contribution in [0.5, 0.6) is 0 Å². The quantitative estimate of drug-likeness (QED) is 0.436. The van der Waals surface area contributed by atoms with Gasteiger partial charge in [0.25, 0.3) is 0 Å². The van der Waals surface area contributed by atoms with Crippen molar-refractivity contribution in [2.45, 2.75) is 10.2 Å². The highest BCUT2D eigenvalue weighted by Crippen LogP contribution is 2.08. The van der Waals surface area contributed by atoms with Crippen LogP contribution in [0.25, 0.3) is 0 Å². The molecular weight excluding hydrogens is 187 g/mol. The van der Waals surface area contributed by atoms with E-state index in [4.69, 9.17) is 24.4 Å². The Labute approximate surface area is 62.7 Å². The summed E-state index contributed by atoms with van der Waals surface area (Å²) in [6.07, 6.45) is 9.91. The summed E-state index contributed by atoms with van der Waals surface area (Å²) in [4.78, 5) is -0.214. The predicted molar refractivity (Wildman–Crippen MR) is 40.0 cm³/mol. The van der Waals surface area contributed by atoms with Crippen LogP contribution < -0.4 is 0 Å². The number of terminal acetylenes is 2. The highest BCUT2D eigenvalue weighted by atomic mass is 79.9. The van der Waals surface area contributed by atoms with E-state index in [1.54, 1.807) is 0 Å². The van der Waals surface area contributed by atoms with Crippen LogP contribution in [-0.4, -0.2) is 10.2 Å². The third kappa shape index (κ3) is 2.26. The molecule has 42 valence electrons. The fourth-order valence-electron chi connectivity index (χ4n) is 0.169. The molecule has 0 nitrogen and oxygen atoms in total. The van der Waals surface area contributed by atoms with Crippen molar-refractivity contribution < 1.29 is 0 Å². The molecule has 0 heterocycles. The number of hydrogen-bond donors (Lipinski definition) is 0. The average Bonchev–Trinajstić information content (AvgIpc) is 1.84. The second-order valence-corrected chi connectivity index (χ2v) is 2.59. The monoisotopic (exact) mass is 190 g/mol. The SMILES string of the molecule is C#CC(Cl)C(Br)C#C. The molecule has 0 N–H and O–H groups in total. The van der Waals surface area contributed by atoms with Gasteiger partial charge in [-0.3, -0.25) is 0 Å². The summed E-state index contributed by atoms with van der Waals surface area (Å²) in [5.74, 6) is 4.65. The molecule has 0 spiro atoms. The van der Waals surface area contributed by atoms with Crippen LogP contribution in [0.1, 0.15) is 0 Å². The molecule has 2 heteroatoms. The van der Waals surface area contributed by atoms with Crippen LogP contribution in [0.3, 0.4) is 0 Å². The van der Waals surface area contributed by atoms with Gasteiger partial charge in [-0.1, -0.05) is 27.8 Å². The van der Waals surface area contributed by atoms with E-state index in [2.05, 4.69) is 27.8 Å². The summed E-state index contributed by atoms with van der Waals surface area (Å²) < 4.78 is 0. The Morgan fingerprint density at radius 2 is 1.88 bits per heavy atom. The summed E-state index contributed by atoms with van der Waals surface area (Å²) in [5, 5.41) is -0.403. The molecule has 0 rings (SSSR count). The van der Waals surface area contributed by atoms with Crippen molar-refractivity contribution in [1.29, 1.82) is 0 Å². The minimum Gasteiger partial charge on any atom is -0.119 e. The third-order valence-electron chi connectivity index (χ3n) is 0.575. The second-order valence-electron chi connectivity index (χ2n) is 1.14. The molecule has 2 atom stereocenters. The van der Waals surface area contributed by atoms with Crippen LogP contribution in [0.2, 0.25) is 0 Å². The smallest absolute Gasteiger partial charge is 0.117 e. The van der Waals surface area contributed by atoms with Crippen molar-refractivity contribution >= 4 is 27.5 Å². The molecule has 0 aromatic carbocycles. The average molecular weight is 191 g/mol. The van der Waals surface area contributed by atoms with E-state index in [-0.39, 0.29) is 4.83 Å². The Morgan fingerprint density at radius 1 is 1.38 bits per heavy atom. The lowest BCUT2D eigenvalue weighted by Gasteiger charge is -1.99. The Morgan fingerprint density at radius 3 is 2.00 bits per heavy atom. The lowest BCUT2D eigenvalue weighted by Crippen LogP contribution is -2.08. The summed E-state index contributed by atoms with van der Waals surface area (Å²) in [7, 11) is 0. The van der Waals surface area contributed by atoms with Crippen molar-refractivity contribution in [1.82, 2.24) is 0 Å². The van der Waals surface area contributed by atoms with Crippen molar-refractivity contribution in [2.24, 2.45) is 0 Å². The maximum atomic E-state index is 5.49. The number of alkyl halides is 2. The van der Waals surface area contributed by atoms with Gasteiger partial charge in [-0.25, -0.2) is 0 Å². The van der Waals surface area contributed by atoms with E-state index in [1.165, 1.54) is 0 Å². The minimum absolute atomic E-state index is 0.214. The molecule has 0 bridgehead atoms. The molecule has 8 heavy (non-hydrogen) atoms. The van der Waals surface area contributed by atoms with Crippen LogP contribution in [0.15, 0.2) is 0 Å². The van der Waals surface area contributed by atoms with Crippen LogP contribution in [0, 0.1) is 24.7 Å². The molecule has 2 unspecified atom stereocenters. The molecule has 0 amide bonds. The molecule has 0 aliphatic rings. The molecule has 0 saturated heterocycles. The summed E-state index contributed by atoms with van der Waals surface area (Å²) in [5.41, 5.74) is 0. The van der Waals surface area contributed by atoms with Gasteiger partial charge in [0.2, 0.25) is 0 Å². The van der Waals surface area contributed by atoms with Crippen molar-refractivity contribution in [3.8, 4) is 24.7 Å². The van der Waals surface area contributed by atoms with Gasteiger partial charge < -0.3 is 0 Å². The first-order valence-corrected chi connectivity index (χ1v) is 3.28. The maximum absolute atomic E-state index is 5.49. The van der Waals surface area contributed by atoms with E-state index >= 15 is 0 Å². The van der Waals surface area contributed by atoms with Crippen LogP contribution in [-0.2, 0) is 0 Å². The van der Waals surface area contributed by atoms with Gasteiger partial charge in [0.15, 0.2) is 0 Å². The van der Waals surface area contributed by atoms with Gasteiger partial charge in [-0.2, -0.15) is 0 Å². The van der Waals surface area contributed by atoms with Gasteiger partial charge in [-0.15, -0.1) is 24.4 Å². The number of rotatable bonds is 1. The first-order valence-electron chi connectivity index (χ1n) is 1.92. The molecule has 0 aromatic heterocycles. The molecule has 0 aromatic rings. The highest BCUT2D eigenvalue weighted by molar-refractivity contribution is 9.09. The van der Waals surface area contributed by atoms with Crippen molar-refractivity contribution in [2.75, 3.05) is 0 Å². The van der Waals surface area contributed by atoms with E-state index in [0.29, 0.717) is 0 Å². The molecule has 0 aliphatic carbocycles. The fraction of sp³-hybridized carbons (Fsp3) is 0.333. The lowest BCUT2D eigenvalue weighted by molar-refractivity contribution is 1.17. The Bertz CT molecular complexity index is 122. The maximum Gasteiger partial charge on any atom is 0.117 e. The molecule has 0 radical (unpaired) electrons. The standard InChI is InChI=1S/C6H4BrCl/c1-3-5(7)6(8)4-2/h1-2,5-6H. The molecule has 0 saturated carbocycles. The van der Waals surface area contributed by atoms with E-state index in [0.717, 1.165) is 0 Å². The van der Waals surface area contributed by atoms with Gasteiger partial charge in [-0.05, 0) is 0 Å². The third-order valence-corrected chi connectivity index (χ3v) is 2.05. The van der Waals surface area contributed by atoms with Gasteiger partial charge in [0.1, 0.15) is 10.2 Å². The largest absolute Gasteiger partial charge is 0.119 e. The molecular formula is C6H4BrCl. The summed E-state index contributed by atoms with van der Waals surface area (Å²) in [6.45, 7) is 0. The Hall–Kier alpha value is -0.110.